The fraction of sp³-hybridized carbons (Fsp3) is 0.238. The van der Waals surface area contributed by atoms with E-state index in [1.807, 2.05) is 24.3 Å². The smallest absolute Gasteiger partial charge is 0.270 e. The van der Waals surface area contributed by atoms with E-state index in [4.69, 9.17) is 4.74 Å². The molecule has 0 spiro atoms. The molecule has 1 aromatic heterocycles. The van der Waals surface area contributed by atoms with Crippen LogP contribution in [0.25, 0.3) is 10.6 Å². The number of hydrogen-bond acceptors (Lipinski definition) is 4. The number of amides is 1. The SMILES string of the molecule is COc1ccccc1-c1nc(C(=O)NCC2(c3ccc(F)cc3)CC2)cs1. The molecule has 1 aliphatic rings. The number of nitrogens with zero attached hydrogens (tertiary/aromatic N) is 1. The van der Waals surface area contributed by atoms with Gasteiger partial charge in [0.1, 0.15) is 22.3 Å². The Hall–Kier alpha value is -2.73. The largest absolute Gasteiger partial charge is 0.496 e. The molecule has 0 atom stereocenters. The molecule has 0 saturated heterocycles. The molecule has 6 heteroatoms. The standard InChI is InChI=1S/C21H19FN2O2S/c1-26-18-5-3-2-4-16(18)20-24-17(12-27-20)19(25)23-13-21(10-11-21)14-6-8-15(22)9-7-14/h2-9,12H,10-11,13H2,1H3,(H,23,25). The first kappa shape index (κ1) is 17.7. The molecule has 4 nitrogen and oxygen atoms in total. The van der Waals surface area contributed by atoms with Crippen molar-refractivity contribution in [3.05, 3.63) is 71.0 Å². The fourth-order valence-corrected chi connectivity index (χ4v) is 4.01. The Bertz CT molecular complexity index is 964. The highest BCUT2D eigenvalue weighted by atomic mass is 32.1. The minimum Gasteiger partial charge on any atom is -0.496 e. The van der Waals surface area contributed by atoms with Crippen LogP contribution in [0.3, 0.4) is 0 Å². The van der Waals surface area contributed by atoms with Crippen LogP contribution in [0.1, 0.15) is 28.9 Å². The second kappa shape index (κ2) is 7.12. The van der Waals surface area contributed by atoms with E-state index in [9.17, 15) is 9.18 Å². The van der Waals surface area contributed by atoms with Gasteiger partial charge in [-0.1, -0.05) is 24.3 Å². The van der Waals surface area contributed by atoms with Crippen molar-refractivity contribution in [2.45, 2.75) is 18.3 Å². The predicted molar refractivity (Wildman–Crippen MR) is 104 cm³/mol. The molecule has 1 heterocycles. The van der Waals surface area contributed by atoms with Crippen LogP contribution in [0.2, 0.25) is 0 Å². The summed E-state index contributed by atoms with van der Waals surface area (Å²) in [5.41, 5.74) is 2.26. The summed E-state index contributed by atoms with van der Waals surface area (Å²) in [4.78, 5) is 17.0. The van der Waals surface area contributed by atoms with Crippen LogP contribution in [0.5, 0.6) is 5.75 Å². The zero-order valence-corrected chi connectivity index (χ0v) is 15.7. The average molecular weight is 382 g/mol. The summed E-state index contributed by atoms with van der Waals surface area (Å²) in [7, 11) is 1.62. The van der Waals surface area contributed by atoms with E-state index in [1.165, 1.54) is 23.5 Å². The predicted octanol–water partition coefficient (Wildman–Crippen LogP) is 4.42. The van der Waals surface area contributed by atoms with E-state index < -0.39 is 0 Å². The molecular formula is C21H19FN2O2S. The summed E-state index contributed by atoms with van der Waals surface area (Å²) in [6.45, 7) is 0.527. The molecule has 0 aliphatic heterocycles. The summed E-state index contributed by atoms with van der Waals surface area (Å²) in [5, 5.41) is 5.49. The minimum absolute atomic E-state index is 0.0785. The van der Waals surface area contributed by atoms with Gasteiger partial charge in [0, 0.05) is 17.3 Å². The minimum atomic E-state index is -0.245. The van der Waals surface area contributed by atoms with E-state index in [2.05, 4.69) is 10.3 Å². The zero-order valence-electron chi connectivity index (χ0n) is 14.9. The second-order valence-electron chi connectivity index (χ2n) is 6.71. The lowest BCUT2D eigenvalue weighted by atomic mass is 9.96. The Balaban J connectivity index is 1.45. The van der Waals surface area contributed by atoms with Crippen LogP contribution < -0.4 is 10.1 Å². The number of nitrogens with one attached hydrogen (secondary N) is 1. The van der Waals surface area contributed by atoms with Gasteiger partial charge in [0.15, 0.2) is 0 Å². The number of para-hydroxylation sites is 1. The maximum Gasteiger partial charge on any atom is 0.270 e. The third-order valence-electron chi connectivity index (χ3n) is 4.97. The van der Waals surface area contributed by atoms with Gasteiger partial charge < -0.3 is 10.1 Å². The Morgan fingerprint density at radius 2 is 1.96 bits per heavy atom. The summed E-state index contributed by atoms with van der Waals surface area (Å²) >= 11 is 1.41. The number of ether oxygens (including phenoxy) is 1. The number of aromatic nitrogens is 1. The van der Waals surface area contributed by atoms with Gasteiger partial charge in [-0.2, -0.15) is 0 Å². The van der Waals surface area contributed by atoms with Crippen molar-refractivity contribution in [3.8, 4) is 16.3 Å². The zero-order chi connectivity index (χ0) is 18.9. The Kier molecular flexibility index (Phi) is 4.66. The summed E-state index contributed by atoms with van der Waals surface area (Å²) < 4.78 is 18.5. The molecule has 1 aliphatic carbocycles. The quantitative estimate of drug-likeness (QED) is 0.687. The Labute approximate surface area is 161 Å². The number of hydrogen-bond donors (Lipinski definition) is 1. The monoisotopic (exact) mass is 382 g/mol. The summed E-state index contributed by atoms with van der Waals surface area (Å²) in [6, 6.07) is 14.2. The second-order valence-corrected chi connectivity index (χ2v) is 7.57. The molecule has 27 heavy (non-hydrogen) atoms. The van der Waals surface area contributed by atoms with Crippen LogP contribution in [-0.4, -0.2) is 24.5 Å². The lowest BCUT2D eigenvalue weighted by molar-refractivity contribution is 0.0945. The first-order valence-electron chi connectivity index (χ1n) is 8.74. The van der Waals surface area contributed by atoms with Crippen molar-refractivity contribution in [2.24, 2.45) is 0 Å². The van der Waals surface area contributed by atoms with Gasteiger partial charge in [0.2, 0.25) is 0 Å². The van der Waals surface area contributed by atoms with Gasteiger partial charge in [0.25, 0.3) is 5.91 Å². The van der Waals surface area contributed by atoms with Gasteiger partial charge in [-0.05, 0) is 42.7 Å². The number of carbonyl (C=O) groups excluding carboxylic acids is 1. The molecule has 0 radical (unpaired) electrons. The van der Waals surface area contributed by atoms with Crippen LogP contribution in [-0.2, 0) is 5.41 Å². The highest BCUT2D eigenvalue weighted by Crippen LogP contribution is 2.47. The van der Waals surface area contributed by atoms with Gasteiger partial charge in [0.05, 0.1) is 12.7 Å². The maximum atomic E-state index is 13.1. The van der Waals surface area contributed by atoms with Gasteiger partial charge >= 0.3 is 0 Å². The Morgan fingerprint density at radius 3 is 2.67 bits per heavy atom. The highest BCUT2D eigenvalue weighted by Gasteiger charge is 2.44. The van der Waals surface area contributed by atoms with Crippen molar-refractivity contribution in [1.29, 1.82) is 0 Å². The van der Waals surface area contributed by atoms with E-state index in [0.29, 0.717) is 12.2 Å². The van der Waals surface area contributed by atoms with Crippen LogP contribution in [0.15, 0.2) is 53.9 Å². The number of halogens is 1. The van der Waals surface area contributed by atoms with Gasteiger partial charge in [-0.3, -0.25) is 4.79 Å². The Morgan fingerprint density at radius 1 is 1.22 bits per heavy atom. The van der Waals surface area contributed by atoms with Crippen molar-refractivity contribution >= 4 is 17.2 Å². The molecular weight excluding hydrogens is 363 g/mol. The first-order chi connectivity index (χ1) is 13.1. The number of thiazole rings is 1. The number of methoxy groups -OCH3 is 1. The fourth-order valence-electron chi connectivity index (χ4n) is 3.18. The molecule has 1 saturated carbocycles. The molecule has 1 N–H and O–H groups in total. The first-order valence-corrected chi connectivity index (χ1v) is 9.62. The van der Waals surface area contributed by atoms with Crippen molar-refractivity contribution < 1.29 is 13.9 Å². The van der Waals surface area contributed by atoms with Gasteiger partial charge in [-0.15, -0.1) is 11.3 Å². The normalized spacial score (nSPS) is 14.6. The number of benzene rings is 2. The van der Waals surface area contributed by atoms with Gasteiger partial charge in [-0.25, -0.2) is 9.37 Å². The van der Waals surface area contributed by atoms with E-state index in [0.717, 1.165) is 34.7 Å². The van der Waals surface area contributed by atoms with Crippen molar-refractivity contribution in [2.75, 3.05) is 13.7 Å². The van der Waals surface area contributed by atoms with Crippen LogP contribution in [0.4, 0.5) is 4.39 Å². The lowest BCUT2D eigenvalue weighted by Gasteiger charge is -2.16. The molecule has 1 fully saturated rings. The highest BCUT2D eigenvalue weighted by molar-refractivity contribution is 7.13. The molecule has 4 rings (SSSR count). The van der Waals surface area contributed by atoms with E-state index >= 15 is 0 Å². The molecule has 2 aromatic carbocycles. The topological polar surface area (TPSA) is 51.2 Å². The van der Waals surface area contributed by atoms with Crippen LogP contribution in [0, 0.1) is 5.82 Å². The maximum absolute atomic E-state index is 13.1. The summed E-state index contributed by atoms with van der Waals surface area (Å²) in [6.07, 6.45) is 1.98. The van der Waals surface area contributed by atoms with Crippen molar-refractivity contribution in [1.82, 2.24) is 10.3 Å². The number of carbonyl (C=O) groups is 1. The van der Waals surface area contributed by atoms with Crippen LogP contribution >= 0.6 is 11.3 Å². The lowest BCUT2D eigenvalue weighted by Crippen LogP contribution is -2.32. The molecule has 138 valence electrons. The molecule has 3 aromatic rings. The van der Waals surface area contributed by atoms with E-state index in [1.54, 1.807) is 24.6 Å². The van der Waals surface area contributed by atoms with Crippen molar-refractivity contribution in [3.63, 3.8) is 0 Å². The third kappa shape index (κ3) is 3.57. The molecule has 0 bridgehead atoms. The average Bonchev–Trinajstić information content (AvgIpc) is 3.33. The molecule has 0 unspecified atom stereocenters. The summed E-state index contributed by atoms with van der Waals surface area (Å²) in [5.74, 6) is 0.290. The molecule has 1 amide bonds. The van der Waals surface area contributed by atoms with E-state index in [-0.39, 0.29) is 17.1 Å². The number of rotatable bonds is 6. The third-order valence-corrected chi connectivity index (χ3v) is 5.85.